The molecule has 9 nitrogen and oxygen atoms in total. The number of fused-ring (bicyclic) bond motifs is 1. The molecule has 3 heterocycles. The topological polar surface area (TPSA) is 112 Å². The first-order valence-electron chi connectivity index (χ1n) is 13.4. The number of nitrogens with one attached hydrogen (secondary N) is 3. The zero-order chi connectivity index (χ0) is 28.9. The number of benzene rings is 2. The molecule has 1 saturated carbocycles. The zero-order valence-electron chi connectivity index (χ0n) is 22.3. The molecular weight excluding hydrogens is 537 g/mol. The van der Waals surface area contributed by atoms with Crippen LogP contribution in [0.4, 0.5) is 24.5 Å². The van der Waals surface area contributed by atoms with Gasteiger partial charge in [0, 0.05) is 35.6 Å². The van der Waals surface area contributed by atoms with Crippen LogP contribution in [0.3, 0.4) is 0 Å². The first-order chi connectivity index (χ1) is 19.5. The predicted molar refractivity (Wildman–Crippen MR) is 146 cm³/mol. The number of carbonyl (C=O) groups excluding carboxylic acids is 2. The van der Waals surface area contributed by atoms with E-state index in [-0.39, 0.29) is 18.2 Å². The molecule has 0 bridgehead atoms. The van der Waals surface area contributed by atoms with Gasteiger partial charge in [-0.15, -0.1) is 0 Å². The van der Waals surface area contributed by atoms with Gasteiger partial charge in [0.15, 0.2) is 5.66 Å². The van der Waals surface area contributed by atoms with E-state index in [2.05, 4.69) is 27.1 Å². The van der Waals surface area contributed by atoms with Gasteiger partial charge in [0.25, 0.3) is 11.8 Å². The second-order valence-corrected chi connectivity index (χ2v) is 10.8. The van der Waals surface area contributed by atoms with Gasteiger partial charge in [-0.2, -0.15) is 18.3 Å². The molecule has 1 aliphatic carbocycles. The lowest BCUT2D eigenvalue weighted by Crippen LogP contribution is -2.61. The van der Waals surface area contributed by atoms with Gasteiger partial charge < -0.3 is 26.0 Å². The van der Waals surface area contributed by atoms with Gasteiger partial charge >= 0.3 is 6.18 Å². The van der Waals surface area contributed by atoms with Crippen molar-refractivity contribution >= 4 is 28.9 Å². The van der Waals surface area contributed by atoms with Crippen molar-refractivity contribution < 1.29 is 27.9 Å². The SMILES string of the molecule is CC1(Nc2cnn(CC(F)(F)F)c2)NC(c2cccc(N3CCc4cc(C5CC5)ccc4C3=O)c2CO)=CNC1=O. The molecule has 2 amide bonds. The Morgan fingerprint density at radius 3 is 2.71 bits per heavy atom. The minimum absolute atomic E-state index is 0.137. The number of halogens is 3. The predicted octanol–water partition coefficient (Wildman–Crippen LogP) is 3.86. The van der Waals surface area contributed by atoms with Gasteiger partial charge in [-0.1, -0.05) is 24.3 Å². The Morgan fingerprint density at radius 2 is 1.98 bits per heavy atom. The Labute approximate surface area is 234 Å². The van der Waals surface area contributed by atoms with Crippen molar-refractivity contribution in [3.63, 3.8) is 0 Å². The molecule has 2 aromatic carbocycles. The highest BCUT2D eigenvalue weighted by molar-refractivity contribution is 6.09. The van der Waals surface area contributed by atoms with Crippen LogP contribution in [0.1, 0.15) is 58.3 Å². The minimum atomic E-state index is -4.44. The number of rotatable bonds is 7. The van der Waals surface area contributed by atoms with Crippen LogP contribution < -0.4 is 20.9 Å². The molecule has 3 aromatic rings. The summed E-state index contributed by atoms with van der Waals surface area (Å²) in [5, 5.41) is 22.9. The third-order valence-corrected chi connectivity index (χ3v) is 7.70. The van der Waals surface area contributed by atoms with Gasteiger partial charge in [-0.05, 0) is 55.4 Å². The Kier molecular flexibility index (Phi) is 6.52. The number of carbonyl (C=O) groups is 2. The van der Waals surface area contributed by atoms with Crippen molar-refractivity contribution in [2.75, 3.05) is 16.8 Å². The van der Waals surface area contributed by atoms with Crippen molar-refractivity contribution in [3.8, 4) is 0 Å². The van der Waals surface area contributed by atoms with Crippen LogP contribution in [-0.2, 0) is 24.4 Å². The van der Waals surface area contributed by atoms with E-state index in [1.54, 1.807) is 30.0 Å². The zero-order valence-corrected chi connectivity index (χ0v) is 22.3. The van der Waals surface area contributed by atoms with Crippen molar-refractivity contribution in [2.24, 2.45) is 0 Å². The van der Waals surface area contributed by atoms with E-state index in [0.29, 0.717) is 47.0 Å². The summed E-state index contributed by atoms with van der Waals surface area (Å²) < 4.78 is 39.0. The molecule has 1 aromatic heterocycles. The quantitative estimate of drug-likeness (QED) is 0.346. The Morgan fingerprint density at radius 1 is 1.17 bits per heavy atom. The van der Waals surface area contributed by atoms with Crippen LogP contribution in [-0.4, -0.2) is 45.1 Å². The van der Waals surface area contributed by atoms with E-state index >= 15 is 0 Å². The Balaban J connectivity index is 1.26. The maximum absolute atomic E-state index is 13.6. The summed E-state index contributed by atoms with van der Waals surface area (Å²) in [5.41, 5.74) is 3.79. The molecule has 0 saturated heterocycles. The van der Waals surface area contributed by atoms with Crippen LogP contribution in [0.2, 0.25) is 0 Å². The average molecular weight is 567 g/mol. The highest BCUT2D eigenvalue weighted by atomic mass is 19.4. The molecule has 0 radical (unpaired) electrons. The van der Waals surface area contributed by atoms with Crippen LogP contribution >= 0.6 is 0 Å². The molecule has 1 unspecified atom stereocenters. The fourth-order valence-corrected chi connectivity index (χ4v) is 5.52. The molecule has 6 rings (SSSR count). The Bertz CT molecular complexity index is 1560. The van der Waals surface area contributed by atoms with E-state index in [1.165, 1.54) is 37.0 Å². The van der Waals surface area contributed by atoms with Gasteiger partial charge in [0.05, 0.1) is 29.9 Å². The van der Waals surface area contributed by atoms with Crippen LogP contribution in [0, 0.1) is 0 Å². The van der Waals surface area contributed by atoms with E-state index in [9.17, 15) is 27.9 Å². The smallest absolute Gasteiger partial charge is 0.392 e. The van der Waals surface area contributed by atoms with Crippen LogP contribution in [0.5, 0.6) is 0 Å². The van der Waals surface area contributed by atoms with Gasteiger partial charge in [0.2, 0.25) is 0 Å². The molecule has 41 heavy (non-hydrogen) atoms. The summed E-state index contributed by atoms with van der Waals surface area (Å²) in [6.07, 6.45) is 2.46. The largest absolute Gasteiger partial charge is 0.408 e. The lowest BCUT2D eigenvalue weighted by atomic mass is 9.93. The standard InChI is InChI=1S/C29H29F3N6O3/c1-28(35-20-12-34-37(14-20)16-29(30,31)32)27(41)33-13-24(36-28)22-3-2-4-25(23(22)15-39)38-10-9-19-11-18(17-5-6-17)7-8-21(19)26(38)40/h2-4,7-8,11-14,17,35-36,39H,5-6,9-10,15-16H2,1H3,(H,33,41). The van der Waals surface area contributed by atoms with Crippen molar-refractivity contribution in [2.45, 2.75) is 57.1 Å². The lowest BCUT2D eigenvalue weighted by Gasteiger charge is -2.37. The van der Waals surface area contributed by atoms with Crippen LogP contribution in [0.15, 0.2) is 55.0 Å². The fourth-order valence-electron chi connectivity index (χ4n) is 5.52. The molecular formula is C29H29F3N6O3. The van der Waals surface area contributed by atoms with E-state index < -0.39 is 24.3 Å². The van der Waals surface area contributed by atoms with Gasteiger partial charge in [-0.25, -0.2) is 0 Å². The number of alkyl halides is 3. The number of hydrogen-bond donors (Lipinski definition) is 4. The molecule has 4 N–H and O–H groups in total. The number of aliphatic hydroxyl groups is 1. The maximum atomic E-state index is 13.6. The third kappa shape index (κ3) is 5.26. The van der Waals surface area contributed by atoms with E-state index in [4.69, 9.17) is 0 Å². The molecule has 12 heteroatoms. The monoisotopic (exact) mass is 566 g/mol. The normalized spacial score (nSPS) is 20.7. The molecule has 1 atom stereocenters. The molecule has 214 valence electrons. The summed E-state index contributed by atoms with van der Waals surface area (Å²) in [7, 11) is 0. The first-order valence-corrected chi connectivity index (χ1v) is 13.4. The summed E-state index contributed by atoms with van der Waals surface area (Å²) in [6.45, 7) is 0.370. The number of aliphatic hydroxyl groups excluding tert-OH is 1. The van der Waals surface area contributed by atoms with Gasteiger partial charge in [-0.3, -0.25) is 14.3 Å². The highest BCUT2D eigenvalue weighted by Gasteiger charge is 2.38. The lowest BCUT2D eigenvalue weighted by molar-refractivity contribution is -0.142. The minimum Gasteiger partial charge on any atom is -0.392 e. The Hall–Kier alpha value is -4.32. The van der Waals surface area contributed by atoms with Gasteiger partial charge in [0.1, 0.15) is 6.54 Å². The molecule has 1 fully saturated rings. The van der Waals surface area contributed by atoms with Crippen molar-refractivity contribution in [1.82, 2.24) is 20.4 Å². The summed E-state index contributed by atoms with van der Waals surface area (Å²) in [5.74, 6) is -0.0132. The number of aromatic nitrogens is 2. The molecule has 0 spiro atoms. The van der Waals surface area contributed by atoms with E-state index in [0.717, 1.165) is 10.2 Å². The summed E-state index contributed by atoms with van der Waals surface area (Å²) >= 11 is 0. The van der Waals surface area contributed by atoms with Crippen molar-refractivity contribution in [1.29, 1.82) is 0 Å². The second kappa shape index (κ2) is 9.95. The summed E-state index contributed by atoms with van der Waals surface area (Å²) in [4.78, 5) is 28.1. The fraction of sp³-hybridized carbons (Fsp3) is 0.345. The number of anilines is 2. The second-order valence-electron chi connectivity index (χ2n) is 10.8. The third-order valence-electron chi connectivity index (χ3n) is 7.70. The highest BCUT2D eigenvalue weighted by Crippen LogP contribution is 2.41. The summed E-state index contributed by atoms with van der Waals surface area (Å²) in [6, 6.07) is 11.4. The van der Waals surface area contributed by atoms with E-state index in [1.807, 2.05) is 12.1 Å². The van der Waals surface area contributed by atoms with Crippen LogP contribution in [0.25, 0.3) is 5.70 Å². The average Bonchev–Trinajstić information content (AvgIpc) is 3.70. The number of nitrogens with zero attached hydrogens (tertiary/aromatic N) is 3. The number of amides is 2. The molecule has 3 aliphatic rings. The van der Waals surface area contributed by atoms with Crippen molar-refractivity contribution in [3.05, 3.63) is 82.8 Å². The maximum Gasteiger partial charge on any atom is 0.408 e. The first kappa shape index (κ1) is 26.9. The molecule has 2 aliphatic heterocycles. The number of hydrogen-bond acceptors (Lipinski definition) is 6.